The first-order valence-electron chi connectivity index (χ1n) is 9.00. The van der Waals surface area contributed by atoms with Gasteiger partial charge in [-0.3, -0.25) is 14.7 Å². The number of nitrogens with zero attached hydrogens (tertiary/aromatic N) is 4. The van der Waals surface area contributed by atoms with Crippen LogP contribution in [0.2, 0.25) is 0 Å². The second kappa shape index (κ2) is 7.78. The average Bonchev–Trinajstić information content (AvgIpc) is 3.22. The molecule has 0 bridgehead atoms. The molecule has 0 amide bonds. The first-order valence-corrected chi connectivity index (χ1v) is 9.00. The van der Waals surface area contributed by atoms with Crippen LogP contribution in [0, 0.1) is 6.92 Å². The van der Waals surface area contributed by atoms with Gasteiger partial charge >= 0.3 is 5.97 Å². The van der Waals surface area contributed by atoms with Crippen molar-refractivity contribution in [1.29, 1.82) is 0 Å². The van der Waals surface area contributed by atoms with Crippen LogP contribution >= 0.6 is 0 Å². The monoisotopic (exact) mass is 342 g/mol. The van der Waals surface area contributed by atoms with Gasteiger partial charge < -0.3 is 9.67 Å². The van der Waals surface area contributed by atoms with Crippen molar-refractivity contribution >= 4 is 5.97 Å². The summed E-state index contributed by atoms with van der Waals surface area (Å²) in [6, 6.07) is 4.37. The normalized spacial score (nSPS) is 17.9. The van der Waals surface area contributed by atoms with Crippen LogP contribution < -0.4 is 0 Å². The quantitative estimate of drug-likeness (QED) is 0.837. The molecule has 1 saturated heterocycles. The molecule has 6 heteroatoms. The van der Waals surface area contributed by atoms with Crippen molar-refractivity contribution in [3.8, 4) is 0 Å². The van der Waals surface area contributed by atoms with E-state index in [0.717, 1.165) is 55.3 Å². The molecule has 3 heterocycles. The topological polar surface area (TPSA) is 71.2 Å². The Morgan fingerprint density at radius 3 is 3.00 bits per heavy atom. The number of rotatable bonds is 7. The first kappa shape index (κ1) is 17.6. The smallest absolute Gasteiger partial charge is 0.303 e. The third kappa shape index (κ3) is 4.25. The van der Waals surface area contributed by atoms with E-state index in [1.807, 2.05) is 25.4 Å². The van der Waals surface area contributed by atoms with E-state index in [1.54, 1.807) is 0 Å². The molecule has 134 valence electrons. The fourth-order valence-electron chi connectivity index (χ4n) is 3.65. The van der Waals surface area contributed by atoms with Crippen molar-refractivity contribution < 1.29 is 9.90 Å². The van der Waals surface area contributed by atoms with Crippen molar-refractivity contribution in [1.82, 2.24) is 19.4 Å². The molecule has 0 unspecified atom stereocenters. The van der Waals surface area contributed by atoms with Gasteiger partial charge in [0.1, 0.15) is 5.82 Å². The predicted molar refractivity (Wildman–Crippen MR) is 95.2 cm³/mol. The highest BCUT2D eigenvalue weighted by atomic mass is 16.4. The summed E-state index contributed by atoms with van der Waals surface area (Å²) < 4.78 is 2.18. The van der Waals surface area contributed by atoms with E-state index >= 15 is 0 Å². The van der Waals surface area contributed by atoms with Crippen LogP contribution in [0.25, 0.3) is 0 Å². The second-order valence-corrected chi connectivity index (χ2v) is 6.69. The number of hydrogen-bond donors (Lipinski definition) is 1. The van der Waals surface area contributed by atoms with Crippen LogP contribution in [0.1, 0.15) is 55.0 Å². The number of aromatic nitrogens is 3. The molecule has 0 radical (unpaired) electrons. The number of imidazole rings is 1. The van der Waals surface area contributed by atoms with Gasteiger partial charge in [0, 0.05) is 31.1 Å². The molecule has 1 aliphatic rings. The third-order valence-electron chi connectivity index (χ3n) is 4.85. The number of hydrogen-bond acceptors (Lipinski definition) is 4. The lowest BCUT2D eigenvalue weighted by atomic mass is 10.0. The maximum atomic E-state index is 10.9. The molecule has 3 rings (SSSR count). The minimum atomic E-state index is -0.759. The minimum Gasteiger partial charge on any atom is -0.481 e. The Labute approximate surface area is 148 Å². The van der Waals surface area contributed by atoms with E-state index in [2.05, 4.69) is 27.4 Å². The Morgan fingerprint density at radius 1 is 1.40 bits per heavy atom. The average molecular weight is 342 g/mol. The van der Waals surface area contributed by atoms with Gasteiger partial charge in [-0.25, -0.2) is 4.98 Å². The molecular weight excluding hydrogens is 316 g/mol. The molecule has 1 N–H and O–H groups in total. The fourth-order valence-corrected chi connectivity index (χ4v) is 3.65. The highest BCUT2D eigenvalue weighted by molar-refractivity contribution is 5.67. The Bertz CT molecular complexity index is 741. The van der Waals surface area contributed by atoms with Gasteiger partial charge in [0.2, 0.25) is 0 Å². The summed E-state index contributed by atoms with van der Waals surface area (Å²) in [5.41, 5.74) is 3.08. The van der Waals surface area contributed by atoms with Crippen LogP contribution in [0.4, 0.5) is 0 Å². The summed E-state index contributed by atoms with van der Waals surface area (Å²) in [5, 5.41) is 8.93. The van der Waals surface area contributed by atoms with Crippen molar-refractivity contribution in [3.63, 3.8) is 0 Å². The zero-order chi connectivity index (χ0) is 17.8. The maximum absolute atomic E-state index is 10.9. The summed E-state index contributed by atoms with van der Waals surface area (Å²) in [5.74, 6) is 0.332. The number of aryl methyl sites for hydroxylation is 3. The zero-order valence-electron chi connectivity index (χ0n) is 15.0. The van der Waals surface area contributed by atoms with Gasteiger partial charge in [-0.1, -0.05) is 0 Å². The lowest BCUT2D eigenvalue weighted by Crippen LogP contribution is -2.25. The SMILES string of the molecule is CCn1ccnc1CN1CCC[C@H]1c1cc(CCC(=O)O)cc(C)n1. The van der Waals surface area contributed by atoms with E-state index in [0.29, 0.717) is 6.42 Å². The van der Waals surface area contributed by atoms with Gasteiger partial charge in [0.25, 0.3) is 0 Å². The molecule has 6 nitrogen and oxygen atoms in total. The van der Waals surface area contributed by atoms with Crippen LogP contribution in [0.5, 0.6) is 0 Å². The first-order chi connectivity index (χ1) is 12.1. The zero-order valence-corrected chi connectivity index (χ0v) is 15.0. The predicted octanol–water partition coefficient (Wildman–Crippen LogP) is 2.96. The van der Waals surface area contributed by atoms with Crippen molar-refractivity contribution in [2.45, 2.75) is 58.7 Å². The van der Waals surface area contributed by atoms with Gasteiger partial charge in [-0.05, 0) is 57.4 Å². The Morgan fingerprint density at radius 2 is 2.24 bits per heavy atom. The Kier molecular flexibility index (Phi) is 5.48. The molecule has 1 atom stereocenters. The lowest BCUT2D eigenvalue weighted by molar-refractivity contribution is -0.136. The van der Waals surface area contributed by atoms with E-state index in [1.165, 1.54) is 0 Å². The molecular formula is C19H26N4O2. The van der Waals surface area contributed by atoms with E-state index < -0.39 is 5.97 Å². The highest BCUT2D eigenvalue weighted by Crippen LogP contribution is 2.32. The molecule has 1 aliphatic heterocycles. The minimum absolute atomic E-state index is 0.158. The summed E-state index contributed by atoms with van der Waals surface area (Å²) in [6.45, 7) is 6.91. The molecule has 2 aromatic rings. The van der Waals surface area contributed by atoms with Crippen LogP contribution in [-0.4, -0.2) is 37.1 Å². The molecule has 25 heavy (non-hydrogen) atoms. The van der Waals surface area contributed by atoms with Crippen molar-refractivity contribution in [2.75, 3.05) is 6.54 Å². The molecule has 1 fully saturated rings. The largest absolute Gasteiger partial charge is 0.481 e. The van der Waals surface area contributed by atoms with Gasteiger partial charge in [0.05, 0.1) is 18.3 Å². The summed E-state index contributed by atoms with van der Waals surface area (Å²) in [4.78, 5) is 22.5. The molecule has 0 aliphatic carbocycles. The van der Waals surface area contributed by atoms with Crippen LogP contribution in [0.3, 0.4) is 0 Å². The van der Waals surface area contributed by atoms with Gasteiger partial charge in [0.15, 0.2) is 0 Å². The summed E-state index contributed by atoms with van der Waals surface area (Å²) in [7, 11) is 0. The number of likely N-dealkylation sites (tertiary alicyclic amines) is 1. The molecule has 0 spiro atoms. The fraction of sp³-hybridized carbons (Fsp3) is 0.526. The van der Waals surface area contributed by atoms with E-state index in [9.17, 15) is 4.79 Å². The maximum Gasteiger partial charge on any atom is 0.303 e. The highest BCUT2D eigenvalue weighted by Gasteiger charge is 2.28. The van der Waals surface area contributed by atoms with Gasteiger partial charge in [-0.15, -0.1) is 0 Å². The standard InChI is InChI=1S/C19H26N4O2/c1-3-22-10-8-20-18(22)13-23-9-4-5-17(23)16-12-15(6-7-19(24)25)11-14(2)21-16/h8,10-12,17H,3-7,9,13H2,1-2H3,(H,24,25)/t17-/m0/s1. The number of pyridine rings is 1. The summed E-state index contributed by atoms with van der Waals surface area (Å²) >= 11 is 0. The molecule has 0 aromatic carbocycles. The van der Waals surface area contributed by atoms with Crippen LogP contribution in [-0.2, 0) is 24.3 Å². The number of carbonyl (C=O) groups is 1. The van der Waals surface area contributed by atoms with E-state index in [-0.39, 0.29) is 12.5 Å². The van der Waals surface area contributed by atoms with Crippen molar-refractivity contribution in [3.05, 3.63) is 47.3 Å². The Balaban J connectivity index is 1.78. The second-order valence-electron chi connectivity index (χ2n) is 6.69. The number of carboxylic acids is 1. The lowest BCUT2D eigenvalue weighted by Gasteiger charge is -2.24. The number of carboxylic acid groups (broad SMARTS) is 1. The Hall–Kier alpha value is -2.21. The third-order valence-corrected chi connectivity index (χ3v) is 4.85. The molecule has 2 aromatic heterocycles. The van der Waals surface area contributed by atoms with Crippen molar-refractivity contribution in [2.24, 2.45) is 0 Å². The van der Waals surface area contributed by atoms with E-state index in [4.69, 9.17) is 10.1 Å². The summed E-state index contributed by atoms with van der Waals surface area (Å²) in [6.07, 6.45) is 6.83. The molecule has 0 saturated carbocycles. The van der Waals surface area contributed by atoms with Crippen LogP contribution in [0.15, 0.2) is 24.5 Å². The van der Waals surface area contributed by atoms with Gasteiger partial charge in [-0.2, -0.15) is 0 Å². The number of aliphatic carboxylic acids is 1.